The van der Waals surface area contributed by atoms with Crippen LogP contribution in [0.3, 0.4) is 0 Å². The van der Waals surface area contributed by atoms with Gasteiger partial charge >= 0.3 is 0 Å². The fraction of sp³-hybridized carbons (Fsp3) is 0.231. The van der Waals surface area contributed by atoms with Crippen LogP contribution in [0.4, 0.5) is 11.4 Å². The lowest BCUT2D eigenvalue weighted by Gasteiger charge is -2.18. The predicted molar refractivity (Wildman–Crippen MR) is 130 cm³/mol. The summed E-state index contributed by atoms with van der Waals surface area (Å²) >= 11 is 6.20. The quantitative estimate of drug-likeness (QED) is 0.462. The number of aryl methyl sites for hydroxylation is 1. The summed E-state index contributed by atoms with van der Waals surface area (Å²) in [5.41, 5.74) is 9.18. The van der Waals surface area contributed by atoms with Crippen molar-refractivity contribution in [2.24, 2.45) is 5.92 Å². The molecule has 3 aromatic rings. The molecule has 1 saturated heterocycles. The molecular weight excluding hydrogens is 438 g/mol. The Bertz CT molecular complexity index is 1130. The molecule has 0 radical (unpaired) electrons. The van der Waals surface area contributed by atoms with Crippen LogP contribution in [-0.4, -0.2) is 18.4 Å². The normalized spacial score (nSPS) is 15.4. The number of amides is 2. The molecule has 4 rings (SSSR count). The van der Waals surface area contributed by atoms with Gasteiger partial charge in [0.2, 0.25) is 11.8 Å². The van der Waals surface area contributed by atoms with Gasteiger partial charge in [0.05, 0.1) is 11.6 Å². The molecule has 0 aliphatic carbocycles. The zero-order valence-electron chi connectivity index (χ0n) is 18.4. The summed E-state index contributed by atoms with van der Waals surface area (Å²) < 4.78 is 5.91. The number of carbonyl (C=O) groups is 2. The van der Waals surface area contributed by atoms with Gasteiger partial charge in [-0.1, -0.05) is 61.0 Å². The Morgan fingerprint density at radius 3 is 2.55 bits per heavy atom. The van der Waals surface area contributed by atoms with Crippen LogP contribution < -0.4 is 20.5 Å². The number of ether oxygens (including phenoxy) is 1. The topological polar surface area (TPSA) is 70.7 Å². The van der Waals surface area contributed by atoms with Gasteiger partial charge in [-0.15, -0.1) is 0 Å². The molecular formula is C26H26ClN3O3. The molecule has 0 aromatic heterocycles. The Balaban J connectivity index is 1.35. The van der Waals surface area contributed by atoms with Gasteiger partial charge in [-0.3, -0.25) is 20.4 Å². The van der Waals surface area contributed by atoms with Crippen molar-refractivity contribution in [2.45, 2.75) is 26.4 Å². The SMILES string of the molecule is CCc1ccc(N2C[C@@H](C(=O)NNc3ccccc3OCc3ccccc3Cl)CC2=O)cc1. The van der Waals surface area contributed by atoms with E-state index >= 15 is 0 Å². The van der Waals surface area contributed by atoms with E-state index in [2.05, 4.69) is 17.8 Å². The summed E-state index contributed by atoms with van der Waals surface area (Å²) in [5, 5.41) is 0.635. The Morgan fingerprint density at radius 2 is 1.79 bits per heavy atom. The Hall–Kier alpha value is -3.51. The number of hydrazine groups is 1. The molecule has 7 heteroatoms. The predicted octanol–water partition coefficient (Wildman–Crippen LogP) is 4.98. The lowest BCUT2D eigenvalue weighted by molar-refractivity contribution is -0.125. The van der Waals surface area contributed by atoms with Crippen molar-refractivity contribution in [1.82, 2.24) is 5.43 Å². The maximum absolute atomic E-state index is 12.8. The molecule has 0 saturated carbocycles. The van der Waals surface area contributed by atoms with Crippen LogP contribution >= 0.6 is 11.6 Å². The molecule has 3 aromatic carbocycles. The lowest BCUT2D eigenvalue weighted by Crippen LogP contribution is -2.36. The van der Waals surface area contributed by atoms with Crippen LogP contribution in [0.15, 0.2) is 72.8 Å². The minimum atomic E-state index is -0.438. The van der Waals surface area contributed by atoms with Crippen LogP contribution in [0, 0.1) is 5.92 Å². The molecule has 1 atom stereocenters. The van der Waals surface area contributed by atoms with E-state index in [1.54, 1.807) is 4.90 Å². The number of halogens is 1. The van der Waals surface area contributed by atoms with Crippen LogP contribution in [-0.2, 0) is 22.6 Å². The smallest absolute Gasteiger partial charge is 0.243 e. The summed E-state index contributed by atoms with van der Waals surface area (Å²) in [4.78, 5) is 27.0. The van der Waals surface area contributed by atoms with E-state index < -0.39 is 5.92 Å². The van der Waals surface area contributed by atoms with Gasteiger partial charge in [0, 0.05) is 29.2 Å². The van der Waals surface area contributed by atoms with Crippen molar-refractivity contribution < 1.29 is 14.3 Å². The molecule has 33 heavy (non-hydrogen) atoms. The van der Waals surface area contributed by atoms with Crippen molar-refractivity contribution in [2.75, 3.05) is 16.9 Å². The summed E-state index contributed by atoms with van der Waals surface area (Å²) in [5.74, 6) is -0.148. The van der Waals surface area contributed by atoms with E-state index in [1.165, 1.54) is 5.56 Å². The molecule has 1 fully saturated rings. The highest BCUT2D eigenvalue weighted by Gasteiger charge is 2.35. The molecule has 0 spiro atoms. The highest BCUT2D eigenvalue weighted by atomic mass is 35.5. The first-order chi connectivity index (χ1) is 16.0. The number of para-hydroxylation sites is 2. The second-order valence-corrected chi connectivity index (χ2v) is 8.32. The van der Waals surface area contributed by atoms with Gasteiger partial charge in [-0.2, -0.15) is 0 Å². The standard InChI is InChI=1S/C26H26ClN3O3/c1-2-18-11-13-21(14-12-18)30-16-20(15-25(30)31)26(32)29-28-23-9-5-6-10-24(23)33-17-19-7-3-4-8-22(19)27/h3-14,20,28H,2,15-17H2,1H3,(H,29,32)/t20-/m0/s1. The van der Waals surface area contributed by atoms with Gasteiger partial charge in [-0.05, 0) is 42.3 Å². The van der Waals surface area contributed by atoms with Gasteiger partial charge in [0.1, 0.15) is 12.4 Å². The number of carbonyl (C=O) groups excluding carboxylic acids is 2. The zero-order valence-corrected chi connectivity index (χ0v) is 19.1. The average Bonchev–Trinajstić information content (AvgIpc) is 3.24. The maximum atomic E-state index is 12.8. The van der Waals surface area contributed by atoms with Crippen molar-refractivity contribution >= 4 is 34.8 Å². The van der Waals surface area contributed by atoms with Crippen molar-refractivity contribution in [3.05, 3.63) is 88.9 Å². The third-order valence-corrected chi connectivity index (χ3v) is 6.07. The number of hydrogen-bond acceptors (Lipinski definition) is 4. The highest BCUT2D eigenvalue weighted by Crippen LogP contribution is 2.27. The molecule has 1 aliphatic heterocycles. The minimum Gasteiger partial charge on any atom is -0.487 e. The molecule has 2 N–H and O–H groups in total. The van der Waals surface area contributed by atoms with E-state index in [4.69, 9.17) is 16.3 Å². The molecule has 1 aliphatic rings. The Morgan fingerprint density at radius 1 is 1.06 bits per heavy atom. The van der Waals surface area contributed by atoms with E-state index in [0.717, 1.165) is 17.7 Å². The van der Waals surface area contributed by atoms with E-state index in [-0.39, 0.29) is 18.2 Å². The lowest BCUT2D eigenvalue weighted by atomic mass is 10.1. The van der Waals surface area contributed by atoms with Gasteiger partial charge in [0.15, 0.2) is 0 Å². The van der Waals surface area contributed by atoms with Gasteiger partial charge in [0.25, 0.3) is 0 Å². The molecule has 170 valence electrons. The molecule has 0 bridgehead atoms. The van der Waals surface area contributed by atoms with E-state index in [0.29, 0.717) is 29.6 Å². The van der Waals surface area contributed by atoms with Crippen LogP contribution in [0.1, 0.15) is 24.5 Å². The molecule has 6 nitrogen and oxygen atoms in total. The van der Waals surface area contributed by atoms with Crippen LogP contribution in [0.25, 0.3) is 0 Å². The number of nitrogens with one attached hydrogen (secondary N) is 2. The van der Waals surface area contributed by atoms with Crippen molar-refractivity contribution in [3.8, 4) is 5.75 Å². The van der Waals surface area contributed by atoms with Gasteiger partial charge < -0.3 is 9.64 Å². The fourth-order valence-corrected chi connectivity index (χ4v) is 3.93. The first-order valence-electron chi connectivity index (χ1n) is 11.0. The Kier molecular flexibility index (Phi) is 7.15. The monoisotopic (exact) mass is 463 g/mol. The molecule has 0 unspecified atom stereocenters. The maximum Gasteiger partial charge on any atom is 0.243 e. The number of rotatable bonds is 8. The number of anilines is 2. The van der Waals surface area contributed by atoms with Gasteiger partial charge in [-0.25, -0.2) is 0 Å². The largest absolute Gasteiger partial charge is 0.487 e. The molecule has 1 heterocycles. The zero-order chi connectivity index (χ0) is 23.2. The van der Waals surface area contributed by atoms with Crippen molar-refractivity contribution in [1.29, 1.82) is 0 Å². The second-order valence-electron chi connectivity index (χ2n) is 7.92. The van der Waals surface area contributed by atoms with Crippen LogP contribution in [0.5, 0.6) is 5.75 Å². The third-order valence-electron chi connectivity index (χ3n) is 5.70. The number of benzene rings is 3. The van der Waals surface area contributed by atoms with E-state index in [1.807, 2.05) is 72.8 Å². The summed E-state index contributed by atoms with van der Waals surface area (Å²) in [7, 11) is 0. The van der Waals surface area contributed by atoms with Crippen LogP contribution in [0.2, 0.25) is 5.02 Å². The average molecular weight is 464 g/mol. The number of nitrogens with zero attached hydrogens (tertiary/aromatic N) is 1. The number of hydrogen-bond donors (Lipinski definition) is 2. The first kappa shape index (κ1) is 22.7. The fourth-order valence-electron chi connectivity index (χ4n) is 3.74. The van der Waals surface area contributed by atoms with Crippen molar-refractivity contribution in [3.63, 3.8) is 0 Å². The highest BCUT2D eigenvalue weighted by molar-refractivity contribution is 6.31. The first-order valence-corrected chi connectivity index (χ1v) is 11.3. The summed E-state index contributed by atoms with van der Waals surface area (Å²) in [6, 6.07) is 22.7. The third kappa shape index (κ3) is 5.46. The summed E-state index contributed by atoms with van der Waals surface area (Å²) in [6.45, 7) is 2.74. The molecule has 2 amide bonds. The summed E-state index contributed by atoms with van der Waals surface area (Å²) in [6.07, 6.45) is 1.11. The minimum absolute atomic E-state index is 0.0529. The van der Waals surface area contributed by atoms with E-state index in [9.17, 15) is 9.59 Å². The second kappa shape index (κ2) is 10.4. The Labute approximate surface area is 198 Å².